The van der Waals surface area contributed by atoms with Crippen molar-refractivity contribution in [3.05, 3.63) is 40.7 Å². The largest absolute Gasteiger partial charge is 0.435 e. The average molecular weight is 511 g/mol. The molecule has 1 aromatic carbocycles. The van der Waals surface area contributed by atoms with Crippen LogP contribution < -0.4 is 5.32 Å². The van der Waals surface area contributed by atoms with Gasteiger partial charge in [0.15, 0.2) is 5.69 Å². The molecule has 0 aliphatic carbocycles. The first kappa shape index (κ1) is 24.2. The minimum Gasteiger partial charge on any atom is -0.389 e. The summed E-state index contributed by atoms with van der Waals surface area (Å²) in [6.45, 7) is 4.55. The number of aliphatic hydroxyl groups excluding tert-OH is 1. The van der Waals surface area contributed by atoms with E-state index >= 15 is 0 Å². The molecule has 2 N–H and O–H groups in total. The Bertz CT molecular complexity index is 1240. The lowest BCUT2D eigenvalue weighted by Gasteiger charge is -2.43. The van der Waals surface area contributed by atoms with E-state index < -0.39 is 18.0 Å². The van der Waals surface area contributed by atoms with Crippen LogP contribution in [0, 0.1) is 0 Å². The molecule has 0 radical (unpaired) electrons. The van der Waals surface area contributed by atoms with Crippen molar-refractivity contribution in [2.24, 2.45) is 7.05 Å². The Morgan fingerprint density at radius 1 is 1.23 bits per heavy atom. The minimum absolute atomic E-state index is 0.129. The number of aromatic nitrogens is 4. The Kier molecular flexibility index (Phi) is 6.15. The molecule has 4 heterocycles. The van der Waals surface area contributed by atoms with E-state index in [2.05, 4.69) is 25.3 Å². The quantitative estimate of drug-likeness (QED) is 0.546. The maximum atomic E-state index is 13.0. The van der Waals surface area contributed by atoms with Crippen LogP contribution in [-0.2, 0) is 18.0 Å². The molecule has 3 aromatic rings. The van der Waals surface area contributed by atoms with Crippen molar-refractivity contribution >= 4 is 34.3 Å². The number of hydrogen-bond donors (Lipinski definition) is 2. The Hall–Kier alpha value is -2.47. The first-order valence-electron chi connectivity index (χ1n) is 11.4. The van der Waals surface area contributed by atoms with Gasteiger partial charge in [-0.1, -0.05) is 11.6 Å². The van der Waals surface area contributed by atoms with E-state index in [-0.39, 0.29) is 23.2 Å². The monoisotopic (exact) mass is 510 g/mol. The number of alkyl halides is 3. The van der Waals surface area contributed by atoms with Gasteiger partial charge in [-0.2, -0.15) is 18.3 Å². The van der Waals surface area contributed by atoms with Gasteiger partial charge in [0, 0.05) is 29.7 Å². The van der Waals surface area contributed by atoms with Gasteiger partial charge >= 0.3 is 6.18 Å². The number of piperidine rings is 1. The van der Waals surface area contributed by atoms with Crippen LogP contribution in [0.2, 0.25) is 5.02 Å². The molecule has 2 fully saturated rings. The second kappa shape index (κ2) is 8.88. The molecule has 1 unspecified atom stereocenters. The van der Waals surface area contributed by atoms with Crippen molar-refractivity contribution in [2.45, 2.75) is 43.5 Å². The summed E-state index contributed by atoms with van der Waals surface area (Å²) in [7, 11) is 1.42. The average Bonchev–Trinajstić information content (AvgIpc) is 3.36. The molecule has 35 heavy (non-hydrogen) atoms. The van der Waals surface area contributed by atoms with Crippen molar-refractivity contribution in [3.63, 3.8) is 0 Å². The highest BCUT2D eigenvalue weighted by Crippen LogP contribution is 2.38. The van der Waals surface area contributed by atoms with Crippen LogP contribution in [0.25, 0.3) is 10.9 Å². The molecule has 5 rings (SSSR count). The number of hydrogen-bond acceptors (Lipinski definition) is 7. The van der Waals surface area contributed by atoms with Gasteiger partial charge in [0.1, 0.15) is 5.82 Å². The van der Waals surface area contributed by atoms with Crippen LogP contribution in [0.4, 0.5) is 24.9 Å². The topological polar surface area (TPSA) is 88.3 Å². The summed E-state index contributed by atoms with van der Waals surface area (Å²) in [4.78, 5) is 11.0. The van der Waals surface area contributed by atoms with Crippen LogP contribution in [0.5, 0.6) is 0 Å². The molecule has 188 valence electrons. The zero-order valence-electron chi connectivity index (χ0n) is 19.3. The van der Waals surface area contributed by atoms with Gasteiger partial charge in [0.25, 0.3) is 0 Å². The number of likely N-dealkylation sites (tertiary alicyclic amines) is 1. The molecule has 2 aliphatic heterocycles. The molecule has 8 nitrogen and oxygen atoms in total. The summed E-state index contributed by atoms with van der Waals surface area (Å²) < 4.78 is 45.5. The normalized spacial score (nSPS) is 24.4. The van der Waals surface area contributed by atoms with Gasteiger partial charge < -0.3 is 15.2 Å². The number of fused-ring (bicyclic) bond motifs is 1. The zero-order chi connectivity index (χ0) is 25.0. The molecule has 2 aromatic heterocycles. The molecule has 0 bridgehead atoms. The molecular weight excluding hydrogens is 485 g/mol. The number of ether oxygens (including phenoxy) is 1. The van der Waals surface area contributed by atoms with E-state index in [1.165, 1.54) is 7.05 Å². The van der Waals surface area contributed by atoms with Gasteiger partial charge in [-0.05, 0) is 56.5 Å². The first-order chi connectivity index (χ1) is 16.5. The van der Waals surface area contributed by atoms with Crippen LogP contribution in [-0.4, -0.2) is 67.7 Å². The number of aryl methyl sites for hydroxylation is 1. The molecule has 0 spiro atoms. The van der Waals surface area contributed by atoms with E-state index in [1.54, 1.807) is 6.20 Å². The summed E-state index contributed by atoms with van der Waals surface area (Å²) in [5.41, 5.74) is 0.268. The zero-order valence-corrected chi connectivity index (χ0v) is 20.1. The van der Waals surface area contributed by atoms with Crippen LogP contribution in [0.1, 0.15) is 36.9 Å². The Labute approximate surface area is 205 Å². The smallest absolute Gasteiger partial charge is 0.389 e. The third-order valence-corrected chi connectivity index (χ3v) is 7.48. The lowest BCUT2D eigenvalue weighted by Crippen LogP contribution is -2.56. The highest BCUT2D eigenvalue weighted by molar-refractivity contribution is 6.32. The fourth-order valence-corrected chi connectivity index (χ4v) is 5.26. The third-order valence-electron chi connectivity index (χ3n) is 7.15. The van der Waals surface area contributed by atoms with Crippen molar-refractivity contribution in [2.75, 3.05) is 31.6 Å². The van der Waals surface area contributed by atoms with E-state index in [0.29, 0.717) is 23.8 Å². The minimum atomic E-state index is -4.54. The Morgan fingerprint density at radius 2 is 1.97 bits per heavy atom. The summed E-state index contributed by atoms with van der Waals surface area (Å²) >= 11 is 6.62. The van der Waals surface area contributed by atoms with E-state index in [9.17, 15) is 18.3 Å². The Balaban J connectivity index is 1.35. The second-order valence-electron chi connectivity index (χ2n) is 9.44. The van der Waals surface area contributed by atoms with E-state index in [1.807, 2.05) is 19.1 Å². The number of rotatable bonds is 4. The number of nitrogens with zero attached hydrogens (tertiary/aromatic N) is 5. The lowest BCUT2D eigenvalue weighted by molar-refractivity contribution is -0.141. The number of nitrogens with one attached hydrogen (secondary N) is 1. The molecule has 2 saturated heterocycles. The predicted molar refractivity (Wildman–Crippen MR) is 125 cm³/mol. The highest BCUT2D eigenvalue weighted by Gasteiger charge is 2.45. The summed E-state index contributed by atoms with van der Waals surface area (Å²) in [6.07, 6.45) is -1.70. The number of anilines is 2. The SMILES string of the molecule is Cn1nc(C(F)(F)F)cc1Nc1ncc2cc(Cl)c(C3CCN([C@]4(C)COCC4O)CC3)cc2n1. The van der Waals surface area contributed by atoms with Crippen molar-refractivity contribution in [1.29, 1.82) is 0 Å². The number of halogens is 4. The maximum Gasteiger partial charge on any atom is 0.435 e. The maximum absolute atomic E-state index is 13.0. The molecule has 0 saturated carbocycles. The van der Waals surface area contributed by atoms with Gasteiger partial charge in [0.05, 0.1) is 30.4 Å². The number of benzene rings is 1. The van der Waals surface area contributed by atoms with E-state index in [4.69, 9.17) is 16.3 Å². The predicted octanol–water partition coefficient (Wildman–Crippen LogP) is 4.11. The Morgan fingerprint density at radius 3 is 2.60 bits per heavy atom. The van der Waals surface area contributed by atoms with Gasteiger partial charge in [-0.15, -0.1) is 0 Å². The molecule has 2 atom stereocenters. The van der Waals surface area contributed by atoms with Gasteiger partial charge in [-0.25, -0.2) is 9.97 Å². The molecule has 2 aliphatic rings. The van der Waals surface area contributed by atoms with Gasteiger partial charge in [-0.3, -0.25) is 9.58 Å². The first-order valence-corrected chi connectivity index (χ1v) is 11.8. The van der Waals surface area contributed by atoms with Crippen molar-refractivity contribution < 1.29 is 23.0 Å². The second-order valence-corrected chi connectivity index (χ2v) is 9.84. The fourth-order valence-electron chi connectivity index (χ4n) is 4.93. The van der Waals surface area contributed by atoms with Crippen LogP contribution in [0.3, 0.4) is 0 Å². The highest BCUT2D eigenvalue weighted by atomic mass is 35.5. The van der Waals surface area contributed by atoms with Gasteiger partial charge in [0.2, 0.25) is 5.95 Å². The van der Waals surface area contributed by atoms with E-state index in [0.717, 1.165) is 47.6 Å². The lowest BCUT2D eigenvalue weighted by atomic mass is 9.85. The third kappa shape index (κ3) is 4.57. The van der Waals surface area contributed by atoms with Crippen LogP contribution >= 0.6 is 11.6 Å². The fraction of sp³-hybridized carbons (Fsp3) is 0.522. The summed E-state index contributed by atoms with van der Waals surface area (Å²) in [6, 6.07) is 4.68. The molecule has 0 amide bonds. The number of aliphatic hydroxyl groups is 1. The van der Waals surface area contributed by atoms with Crippen molar-refractivity contribution in [3.8, 4) is 0 Å². The standard InChI is InChI=1S/C23H26ClF3N6O2/c1-22(12-35-11-19(22)34)33-5-3-13(4-6-33)15-8-17-14(7-16(15)24)10-28-21(29-17)30-20-9-18(23(25,26)27)31-32(20)2/h7-10,13,19,34H,3-6,11-12H2,1-2H3,(H,28,29,30)/t19?,22-/m1/s1. The molecular formula is C23H26ClF3N6O2. The summed E-state index contributed by atoms with van der Waals surface area (Å²) in [5, 5.41) is 18.1. The molecule has 12 heteroatoms. The van der Waals surface area contributed by atoms with Crippen LogP contribution in [0.15, 0.2) is 24.4 Å². The summed E-state index contributed by atoms with van der Waals surface area (Å²) in [5.74, 6) is 0.522. The van der Waals surface area contributed by atoms with Crippen molar-refractivity contribution in [1.82, 2.24) is 24.6 Å².